The van der Waals surface area contributed by atoms with E-state index in [0.717, 1.165) is 12.1 Å². The summed E-state index contributed by atoms with van der Waals surface area (Å²) in [4.78, 5) is 3.99. The van der Waals surface area contributed by atoms with Crippen LogP contribution in [0.1, 0.15) is 5.56 Å². The molecule has 0 N–H and O–H groups in total. The number of nitrogens with zero attached hydrogens (tertiary/aromatic N) is 3. The molecule has 106 valence electrons. The molecular weight excluding hydrogens is 279 g/mol. The van der Waals surface area contributed by atoms with Crippen LogP contribution in [0.4, 0.5) is 13.2 Å². The first kappa shape index (κ1) is 13.4. The van der Waals surface area contributed by atoms with Crippen molar-refractivity contribution >= 4 is 0 Å². The number of rotatable bonds is 3. The first-order valence-electron chi connectivity index (χ1n) is 6.21. The van der Waals surface area contributed by atoms with Gasteiger partial charge in [-0.2, -0.15) is 5.10 Å². The molecule has 0 radical (unpaired) electrons. The molecule has 21 heavy (non-hydrogen) atoms. The Kier molecular flexibility index (Phi) is 3.43. The fourth-order valence-electron chi connectivity index (χ4n) is 2.00. The normalized spacial score (nSPS) is 10.8. The second-order valence-corrected chi connectivity index (χ2v) is 4.51. The monoisotopic (exact) mass is 289 g/mol. The van der Waals surface area contributed by atoms with E-state index in [1.165, 1.54) is 18.3 Å². The first-order valence-corrected chi connectivity index (χ1v) is 6.21. The number of hydrogen-bond donors (Lipinski definition) is 0. The minimum Gasteiger partial charge on any atom is -0.268 e. The van der Waals surface area contributed by atoms with Gasteiger partial charge in [-0.15, -0.1) is 0 Å². The fraction of sp³-hybridized carbons (Fsp3) is 0.0667. The lowest BCUT2D eigenvalue weighted by Gasteiger charge is -2.06. The van der Waals surface area contributed by atoms with Crippen molar-refractivity contribution in [2.75, 3.05) is 0 Å². The van der Waals surface area contributed by atoms with Crippen molar-refractivity contribution in [2.45, 2.75) is 6.54 Å². The van der Waals surface area contributed by atoms with Crippen molar-refractivity contribution in [3.8, 4) is 11.3 Å². The molecule has 1 aromatic carbocycles. The van der Waals surface area contributed by atoms with Gasteiger partial charge < -0.3 is 0 Å². The lowest BCUT2D eigenvalue weighted by atomic mass is 10.1. The molecule has 0 unspecified atom stereocenters. The molecule has 0 amide bonds. The third kappa shape index (κ3) is 2.79. The minimum atomic E-state index is -1.03. The highest BCUT2D eigenvalue weighted by Gasteiger charge is 2.11. The maximum atomic E-state index is 14.1. The van der Waals surface area contributed by atoms with Gasteiger partial charge in [0.15, 0.2) is 11.6 Å². The van der Waals surface area contributed by atoms with Crippen LogP contribution >= 0.6 is 0 Å². The molecular formula is C15H10F3N3. The minimum absolute atomic E-state index is 0.0156. The highest BCUT2D eigenvalue weighted by atomic mass is 19.2. The Morgan fingerprint density at radius 2 is 1.86 bits per heavy atom. The van der Waals surface area contributed by atoms with Crippen molar-refractivity contribution in [3.05, 3.63) is 71.9 Å². The summed E-state index contributed by atoms with van der Waals surface area (Å²) in [7, 11) is 0. The van der Waals surface area contributed by atoms with Gasteiger partial charge in [0, 0.05) is 24.2 Å². The summed E-state index contributed by atoms with van der Waals surface area (Å²) in [5, 5.41) is 4.02. The predicted molar refractivity (Wildman–Crippen MR) is 70.9 cm³/mol. The fourth-order valence-corrected chi connectivity index (χ4v) is 2.00. The van der Waals surface area contributed by atoms with Gasteiger partial charge in [0.2, 0.25) is 0 Å². The van der Waals surface area contributed by atoms with E-state index in [4.69, 9.17) is 0 Å². The first-order chi connectivity index (χ1) is 10.1. The number of halogens is 3. The van der Waals surface area contributed by atoms with Crippen molar-refractivity contribution in [1.29, 1.82) is 0 Å². The SMILES string of the molecule is Fc1ccc(-c2ncc(Cn3cccn3)cc2F)cc1F. The summed E-state index contributed by atoms with van der Waals surface area (Å²) < 4.78 is 41.8. The highest BCUT2D eigenvalue weighted by Crippen LogP contribution is 2.23. The van der Waals surface area contributed by atoms with Crippen LogP contribution in [0.25, 0.3) is 11.3 Å². The molecule has 0 bridgehead atoms. The molecule has 0 atom stereocenters. The van der Waals surface area contributed by atoms with Gasteiger partial charge in [0.25, 0.3) is 0 Å². The Morgan fingerprint density at radius 3 is 2.52 bits per heavy atom. The largest absolute Gasteiger partial charge is 0.268 e. The Balaban J connectivity index is 1.92. The summed E-state index contributed by atoms with van der Waals surface area (Å²) in [5.74, 6) is -2.60. The molecule has 3 aromatic rings. The average molecular weight is 289 g/mol. The van der Waals surface area contributed by atoms with Gasteiger partial charge in [0.05, 0.1) is 6.54 Å². The van der Waals surface area contributed by atoms with E-state index in [1.807, 2.05) is 0 Å². The smallest absolute Gasteiger partial charge is 0.159 e. The van der Waals surface area contributed by atoms with Gasteiger partial charge in [-0.3, -0.25) is 9.67 Å². The average Bonchev–Trinajstić information content (AvgIpc) is 2.95. The molecule has 3 nitrogen and oxygen atoms in total. The van der Waals surface area contributed by atoms with E-state index in [2.05, 4.69) is 10.1 Å². The topological polar surface area (TPSA) is 30.7 Å². The number of aromatic nitrogens is 3. The molecule has 0 saturated carbocycles. The van der Waals surface area contributed by atoms with Crippen LogP contribution in [-0.4, -0.2) is 14.8 Å². The molecule has 0 spiro atoms. The zero-order valence-corrected chi connectivity index (χ0v) is 10.8. The Hall–Kier alpha value is -2.63. The second kappa shape index (κ2) is 5.40. The van der Waals surface area contributed by atoms with Crippen LogP contribution in [0.2, 0.25) is 0 Å². The van der Waals surface area contributed by atoms with Gasteiger partial charge in [-0.1, -0.05) is 0 Å². The zero-order valence-electron chi connectivity index (χ0n) is 10.8. The van der Waals surface area contributed by atoms with E-state index >= 15 is 0 Å². The third-order valence-corrected chi connectivity index (χ3v) is 2.99. The van der Waals surface area contributed by atoms with Crippen molar-refractivity contribution < 1.29 is 13.2 Å². The molecule has 6 heteroatoms. The zero-order chi connectivity index (χ0) is 14.8. The van der Waals surface area contributed by atoms with Crippen LogP contribution in [0, 0.1) is 17.5 Å². The van der Waals surface area contributed by atoms with E-state index in [9.17, 15) is 13.2 Å². The lowest BCUT2D eigenvalue weighted by molar-refractivity contribution is 0.509. The Morgan fingerprint density at radius 1 is 1.00 bits per heavy atom. The summed E-state index contributed by atoms with van der Waals surface area (Å²) in [6.07, 6.45) is 4.86. The molecule has 0 aliphatic carbocycles. The molecule has 2 heterocycles. The lowest BCUT2D eigenvalue weighted by Crippen LogP contribution is -2.02. The summed E-state index contributed by atoms with van der Waals surface area (Å²) in [6.45, 7) is 0.384. The van der Waals surface area contributed by atoms with Crippen molar-refractivity contribution in [2.24, 2.45) is 0 Å². The summed E-state index contributed by atoms with van der Waals surface area (Å²) in [6, 6.07) is 6.24. The number of benzene rings is 1. The van der Waals surface area contributed by atoms with Gasteiger partial charge in [0.1, 0.15) is 11.5 Å². The standard InChI is InChI=1S/C15H10F3N3/c16-12-3-2-11(7-13(12)17)15-14(18)6-10(8-19-15)9-21-5-1-4-20-21/h1-8H,9H2. The van der Waals surface area contributed by atoms with Crippen LogP contribution in [0.3, 0.4) is 0 Å². The maximum Gasteiger partial charge on any atom is 0.159 e. The third-order valence-electron chi connectivity index (χ3n) is 2.99. The van der Waals surface area contributed by atoms with Gasteiger partial charge >= 0.3 is 0 Å². The van der Waals surface area contributed by atoms with Crippen LogP contribution in [-0.2, 0) is 6.54 Å². The van der Waals surface area contributed by atoms with E-state index < -0.39 is 17.5 Å². The highest BCUT2D eigenvalue weighted by molar-refractivity contribution is 5.59. The van der Waals surface area contributed by atoms with Crippen LogP contribution in [0.15, 0.2) is 48.9 Å². The Labute approximate surface area is 118 Å². The van der Waals surface area contributed by atoms with Crippen LogP contribution < -0.4 is 0 Å². The van der Waals surface area contributed by atoms with Crippen LogP contribution in [0.5, 0.6) is 0 Å². The predicted octanol–water partition coefficient (Wildman–Crippen LogP) is 3.41. The number of hydrogen-bond acceptors (Lipinski definition) is 2. The van der Waals surface area contributed by atoms with E-state index in [0.29, 0.717) is 12.1 Å². The van der Waals surface area contributed by atoms with Crippen molar-refractivity contribution in [3.63, 3.8) is 0 Å². The Bertz CT molecular complexity index is 770. The quantitative estimate of drug-likeness (QED) is 0.739. The summed E-state index contributed by atoms with van der Waals surface area (Å²) in [5.41, 5.74) is 0.803. The molecule has 0 fully saturated rings. The molecule has 2 aromatic heterocycles. The van der Waals surface area contributed by atoms with E-state index in [-0.39, 0.29) is 11.3 Å². The second-order valence-electron chi connectivity index (χ2n) is 4.51. The molecule has 0 aliphatic heterocycles. The molecule has 0 saturated heterocycles. The van der Waals surface area contributed by atoms with Crippen molar-refractivity contribution in [1.82, 2.24) is 14.8 Å². The molecule has 0 aliphatic rings. The maximum absolute atomic E-state index is 14.1. The van der Waals surface area contributed by atoms with Gasteiger partial charge in [-0.25, -0.2) is 13.2 Å². The summed E-state index contributed by atoms with van der Waals surface area (Å²) >= 11 is 0. The van der Waals surface area contributed by atoms with E-state index in [1.54, 1.807) is 23.1 Å². The van der Waals surface area contributed by atoms with Gasteiger partial charge in [-0.05, 0) is 35.9 Å². The molecule has 3 rings (SSSR count). The number of pyridine rings is 1.